The summed E-state index contributed by atoms with van der Waals surface area (Å²) in [6.07, 6.45) is 0. The Hall–Kier alpha value is 0.965. The van der Waals surface area contributed by atoms with E-state index >= 15 is 0 Å². The Kier molecular flexibility index (Phi) is 83.1. The van der Waals surface area contributed by atoms with Crippen molar-refractivity contribution < 1.29 is 2.81 Å². The summed E-state index contributed by atoms with van der Waals surface area (Å²) in [5, 5.41) is 0. The molecule has 22 valence electrons. The van der Waals surface area contributed by atoms with Gasteiger partial charge in [-0.05, 0) is 10.1 Å². The molecule has 0 aromatic carbocycles. The molecule has 0 aliphatic carbocycles. The van der Waals surface area contributed by atoms with Crippen molar-refractivity contribution in [3.05, 3.63) is 0 Å². The molecule has 0 N–H and O–H groups in total. The van der Waals surface area contributed by atoms with E-state index < -0.39 is 0 Å². The van der Waals surface area contributed by atoms with Crippen LogP contribution in [0.4, 0.5) is 0 Å². The van der Waals surface area contributed by atoms with Crippen molar-refractivity contribution in [3.8, 4) is 0 Å². The molecule has 0 bridgehead atoms. The van der Waals surface area contributed by atoms with Gasteiger partial charge < -0.3 is 0 Å². The molecule has 0 spiro atoms. The van der Waals surface area contributed by atoms with Crippen LogP contribution in [0.3, 0.4) is 0 Å². The molecule has 0 rings (SSSR count). The van der Waals surface area contributed by atoms with Gasteiger partial charge in [0.25, 0.3) is 0 Å². The third-order valence-corrected chi connectivity index (χ3v) is 0. The minimum absolute atomic E-state index is 0.0556. The van der Waals surface area contributed by atoms with E-state index in [1.165, 1.54) is 0 Å². The van der Waals surface area contributed by atoms with Crippen LogP contribution in [0, 0.1) is 0 Å². The molecular weight excluding hydrogens is 264 g/mol. The van der Waals surface area contributed by atoms with E-state index in [0.717, 1.165) is 10.1 Å². The van der Waals surface area contributed by atoms with Crippen molar-refractivity contribution in [3.63, 3.8) is 0 Å². The van der Waals surface area contributed by atoms with Crippen molar-refractivity contribution in [1.29, 1.82) is 0 Å². The Morgan fingerprint density at radius 3 is 1.50 bits per heavy atom. The van der Waals surface area contributed by atoms with Crippen LogP contribution in [0.5, 0.6) is 0 Å². The van der Waals surface area contributed by atoms with Crippen molar-refractivity contribution in [2.24, 2.45) is 0 Å². The fourth-order valence-corrected chi connectivity index (χ4v) is 0. The Morgan fingerprint density at radius 2 is 1.50 bits per heavy atom. The SMILES string of the molecule is [B][SiH3].[O]=[BiH]. The molecule has 0 amide bonds. The summed E-state index contributed by atoms with van der Waals surface area (Å²) >= 11 is 0.0556. The van der Waals surface area contributed by atoms with Crippen molar-refractivity contribution in [1.82, 2.24) is 0 Å². The molecule has 0 aromatic heterocycles. The molecule has 0 fully saturated rings. The summed E-state index contributed by atoms with van der Waals surface area (Å²) in [5.41, 5.74) is 0. The van der Waals surface area contributed by atoms with Gasteiger partial charge in [0, 0.05) is 7.44 Å². The molecule has 0 unspecified atom stereocenters. The number of hydrogen-bond donors (Lipinski definition) is 0. The van der Waals surface area contributed by atoms with Gasteiger partial charge in [0.1, 0.15) is 0 Å². The van der Waals surface area contributed by atoms with Crippen LogP contribution in [0.15, 0.2) is 0 Å². The Labute approximate surface area is 45.2 Å². The standard InChI is InChI=1S/BH3Si.Bi.O.H/c1-2;;;/h2H3;;;. The van der Waals surface area contributed by atoms with Gasteiger partial charge in [-0.2, -0.15) is 0 Å². The monoisotopic (exact) mass is 268 g/mol. The van der Waals surface area contributed by atoms with E-state index in [0.29, 0.717) is 0 Å². The second kappa shape index (κ2) is 37.4. The van der Waals surface area contributed by atoms with Gasteiger partial charge in [-0.1, -0.05) is 0 Å². The van der Waals surface area contributed by atoms with E-state index in [1.807, 2.05) is 0 Å². The molecule has 1 nitrogen and oxygen atoms in total. The van der Waals surface area contributed by atoms with E-state index in [4.69, 9.17) is 2.81 Å². The maximum atomic E-state index is 8.39. The number of hydrogen-bond acceptors (Lipinski definition) is 1. The molecule has 0 aromatic rings. The second-order valence-electron chi connectivity index (χ2n) is 0. The fraction of sp³-hybridized carbons (Fsp3) is 0. The van der Waals surface area contributed by atoms with Gasteiger partial charge in [-0.3, -0.25) is 0 Å². The molecule has 0 saturated carbocycles. The molecule has 0 aliphatic rings. The first-order chi connectivity index (χ1) is 2.00. The molecule has 0 saturated heterocycles. The topological polar surface area (TPSA) is 17.1 Å². The van der Waals surface area contributed by atoms with E-state index in [2.05, 4.69) is 7.44 Å². The molecule has 4 heteroatoms. The third kappa shape index (κ3) is 12.3. The Balaban J connectivity index is 0. The predicted molar refractivity (Wildman–Crippen MR) is 23.5 cm³/mol. The maximum absolute atomic E-state index is 8.39. The third-order valence-electron chi connectivity index (χ3n) is 0. The van der Waals surface area contributed by atoms with Crippen LogP contribution < -0.4 is 0 Å². The first-order valence-corrected chi connectivity index (χ1v) is 3.52. The van der Waals surface area contributed by atoms with Gasteiger partial charge in [0.15, 0.2) is 0 Å². The van der Waals surface area contributed by atoms with Crippen LogP contribution in [0.25, 0.3) is 0 Å². The van der Waals surface area contributed by atoms with Crippen LogP contribution in [-0.4, -0.2) is 42.3 Å². The van der Waals surface area contributed by atoms with Gasteiger partial charge in [0.2, 0.25) is 0 Å². The summed E-state index contributed by atoms with van der Waals surface area (Å²) in [5.74, 6) is 0. The first kappa shape index (κ1) is 8.88. The van der Waals surface area contributed by atoms with Crippen LogP contribution in [-0.2, 0) is 2.81 Å². The van der Waals surface area contributed by atoms with Crippen molar-refractivity contribution >= 4 is 42.3 Å². The zero-order valence-electron chi connectivity index (χ0n) is 2.49. The summed E-state index contributed by atoms with van der Waals surface area (Å²) in [6.45, 7) is 0. The van der Waals surface area contributed by atoms with E-state index in [-0.39, 0.29) is 24.7 Å². The molecule has 0 atom stereocenters. The van der Waals surface area contributed by atoms with Crippen molar-refractivity contribution in [2.75, 3.05) is 0 Å². The van der Waals surface area contributed by atoms with Gasteiger partial charge in [-0.15, -0.1) is 0 Å². The van der Waals surface area contributed by atoms with E-state index in [1.54, 1.807) is 0 Å². The zero-order chi connectivity index (χ0) is 4.00. The summed E-state index contributed by atoms with van der Waals surface area (Å²) in [6, 6.07) is 0. The summed E-state index contributed by atoms with van der Waals surface area (Å²) in [4.78, 5) is 0. The Bertz CT molecular complexity index is 8.00. The molecule has 0 heterocycles. The second-order valence-corrected chi connectivity index (χ2v) is 0. The van der Waals surface area contributed by atoms with Gasteiger partial charge in [0.05, 0.1) is 0 Å². The first-order valence-electron chi connectivity index (χ1n) is 0.781. The van der Waals surface area contributed by atoms with Crippen LogP contribution >= 0.6 is 0 Å². The number of rotatable bonds is 0. The fourth-order valence-electron chi connectivity index (χ4n) is 0. The average Bonchev–Trinajstić information content (AvgIpc) is 1.50. The van der Waals surface area contributed by atoms with Crippen molar-refractivity contribution in [2.45, 2.75) is 0 Å². The Morgan fingerprint density at radius 1 is 1.50 bits per heavy atom. The molecule has 2 radical (unpaired) electrons. The van der Waals surface area contributed by atoms with Crippen LogP contribution in [0.2, 0.25) is 0 Å². The quantitative estimate of drug-likeness (QED) is 0.450. The van der Waals surface area contributed by atoms with Crippen LogP contribution in [0.1, 0.15) is 0 Å². The molecule has 0 aliphatic heterocycles. The summed E-state index contributed by atoms with van der Waals surface area (Å²) in [7, 11) is 5.44. The van der Waals surface area contributed by atoms with Gasteiger partial charge >= 0.3 is 27.5 Å². The normalized spacial score (nSPS) is 3.00. The van der Waals surface area contributed by atoms with E-state index in [9.17, 15) is 0 Å². The molecular formula is H4BBiOSi. The minimum atomic E-state index is 0.0556. The predicted octanol–water partition coefficient (Wildman–Crippen LogP) is -2.33. The molecule has 4 heavy (non-hydrogen) atoms. The average molecular weight is 268 g/mol. The zero-order valence-corrected chi connectivity index (χ0v) is 8.37. The van der Waals surface area contributed by atoms with Gasteiger partial charge in [-0.25, -0.2) is 0 Å². The summed E-state index contributed by atoms with van der Waals surface area (Å²) < 4.78 is 8.39.